The summed E-state index contributed by atoms with van der Waals surface area (Å²) in [5.74, 6) is 0.509. The van der Waals surface area contributed by atoms with Gasteiger partial charge in [0.1, 0.15) is 17.4 Å². The Morgan fingerprint density at radius 1 is 1.18 bits per heavy atom. The number of nitrogens with zero attached hydrogens (tertiary/aromatic N) is 5. The number of aryl methyl sites for hydroxylation is 2. The van der Waals surface area contributed by atoms with Crippen LogP contribution >= 0.6 is 0 Å². The zero-order chi connectivity index (χ0) is 22.9. The van der Waals surface area contributed by atoms with Gasteiger partial charge in [-0.3, -0.25) is 0 Å². The van der Waals surface area contributed by atoms with Crippen molar-refractivity contribution < 1.29 is 13.5 Å². The zero-order valence-electron chi connectivity index (χ0n) is 18.4. The highest BCUT2D eigenvalue weighted by Crippen LogP contribution is 2.33. The number of fused-ring (bicyclic) bond motifs is 1. The van der Waals surface area contributed by atoms with Gasteiger partial charge < -0.3 is 9.30 Å². The van der Waals surface area contributed by atoms with Crippen LogP contribution in [0.2, 0.25) is 0 Å². The Morgan fingerprint density at radius 3 is 2.73 bits per heavy atom. The van der Waals surface area contributed by atoms with Crippen molar-refractivity contribution in [2.45, 2.75) is 32.2 Å². The molecule has 5 rings (SSSR count). The van der Waals surface area contributed by atoms with Crippen LogP contribution in [-0.2, 0) is 6.54 Å². The Labute approximate surface area is 190 Å². The van der Waals surface area contributed by atoms with Gasteiger partial charge in [-0.05, 0) is 61.2 Å². The minimum Gasteiger partial charge on any atom is -0.495 e. The van der Waals surface area contributed by atoms with Crippen molar-refractivity contribution in [1.82, 2.24) is 24.3 Å². The highest BCUT2D eigenvalue weighted by atomic mass is 19.1. The fraction of sp³-hybridized carbons (Fsp3) is 0.240. The molecule has 2 aromatic carbocycles. The third-order valence-electron chi connectivity index (χ3n) is 5.85. The summed E-state index contributed by atoms with van der Waals surface area (Å²) in [6.45, 7) is 2.59. The molecule has 1 atom stereocenters. The number of methoxy groups -OCH3 is 1. The normalized spacial score (nSPS) is 16.0. The fourth-order valence-corrected chi connectivity index (χ4v) is 4.22. The largest absolute Gasteiger partial charge is 0.495 e. The Morgan fingerprint density at radius 2 is 2.00 bits per heavy atom. The molecule has 1 aliphatic rings. The Kier molecular flexibility index (Phi) is 5.50. The molecule has 1 aliphatic heterocycles. The van der Waals surface area contributed by atoms with Crippen LogP contribution in [0.1, 0.15) is 47.2 Å². The molecule has 4 aromatic rings. The van der Waals surface area contributed by atoms with Gasteiger partial charge in [0.05, 0.1) is 24.8 Å². The fourth-order valence-electron chi connectivity index (χ4n) is 4.22. The van der Waals surface area contributed by atoms with Crippen molar-refractivity contribution in [2.24, 2.45) is 0 Å². The van der Waals surface area contributed by atoms with Crippen LogP contribution in [0.3, 0.4) is 0 Å². The van der Waals surface area contributed by atoms with Crippen LogP contribution in [0, 0.1) is 12.7 Å². The van der Waals surface area contributed by atoms with E-state index in [0.717, 1.165) is 29.8 Å². The van der Waals surface area contributed by atoms with E-state index in [1.54, 1.807) is 36.3 Å². The van der Waals surface area contributed by atoms with Gasteiger partial charge in [0.2, 0.25) is 5.82 Å². The van der Waals surface area contributed by atoms with E-state index in [4.69, 9.17) is 4.74 Å². The van der Waals surface area contributed by atoms with Crippen LogP contribution in [0.5, 0.6) is 5.75 Å². The standard InChI is InChI=1S/C25H23F2N5O/c1-16-14-31(15-28-16)22-10-5-17(13-23(22)33-2)12-21(27)24-29-25-20(4-3-11-32(25)30-24)18-6-8-19(26)9-7-18/h5-10,12-15,20H,3-4,11H2,1-2H3/b21-12-. The smallest absolute Gasteiger partial charge is 0.210 e. The maximum Gasteiger partial charge on any atom is 0.210 e. The number of imidazole rings is 1. The summed E-state index contributed by atoms with van der Waals surface area (Å²) in [7, 11) is 1.58. The number of aromatic nitrogens is 5. The second kappa shape index (κ2) is 8.61. The lowest BCUT2D eigenvalue weighted by Crippen LogP contribution is -2.17. The topological polar surface area (TPSA) is 57.8 Å². The first kappa shape index (κ1) is 21.1. The summed E-state index contributed by atoms with van der Waals surface area (Å²) < 4.78 is 37.6. The van der Waals surface area contributed by atoms with E-state index in [2.05, 4.69) is 15.1 Å². The van der Waals surface area contributed by atoms with E-state index in [-0.39, 0.29) is 17.6 Å². The number of halogens is 2. The summed E-state index contributed by atoms with van der Waals surface area (Å²) in [5.41, 5.74) is 3.29. The molecule has 0 saturated carbocycles. The highest BCUT2D eigenvalue weighted by molar-refractivity contribution is 5.75. The molecule has 0 fully saturated rings. The predicted molar refractivity (Wildman–Crippen MR) is 121 cm³/mol. The molecule has 0 aliphatic carbocycles. The molecule has 0 bridgehead atoms. The molecule has 0 N–H and O–H groups in total. The maximum atomic E-state index is 15.2. The van der Waals surface area contributed by atoms with E-state index >= 15 is 4.39 Å². The lowest BCUT2D eigenvalue weighted by atomic mass is 9.91. The monoisotopic (exact) mass is 447 g/mol. The molecule has 1 unspecified atom stereocenters. The summed E-state index contributed by atoms with van der Waals surface area (Å²) >= 11 is 0. The second-order valence-corrected chi connectivity index (χ2v) is 8.11. The van der Waals surface area contributed by atoms with Crippen molar-refractivity contribution >= 4 is 11.9 Å². The predicted octanol–water partition coefficient (Wildman–Crippen LogP) is 5.31. The quantitative estimate of drug-likeness (QED) is 0.416. The van der Waals surface area contributed by atoms with Gasteiger partial charge in [-0.25, -0.2) is 23.4 Å². The van der Waals surface area contributed by atoms with E-state index < -0.39 is 5.83 Å². The van der Waals surface area contributed by atoms with Crippen LogP contribution in [0.4, 0.5) is 8.78 Å². The van der Waals surface area contributed by atoms with Crippen LogP contribution in [0.15, 0.2) is 55.0 Å². The average Bonchev–Trinajstić information content (AvgIpc) is 3.46. The lowest BCUT2D eigenvalue weighted by molar-refractivity contribution is 0.413. The SMILES string of the molecule is COc1cc(/C=C(\F)c2nc3n(n2)CCCC3c2ccc(F)cc2)ccc1-n1cnc(C)c1. The lowest BCUT2D eigenvalue weighted by Gasteiger charge is -2.22. The first-order chi connectivity index (χ1) is 16.0. The minimum absolute atomic E-state index is 0.0357. The molecule has 8 heteroatoms. The van der Waals surface area contributed by atoms with Crippen molar-refractivity contribution in [1.29, 1.82) is 0 Å². The summed E-state index contributed by atoms with van der Waals surface area (Å²) in [6.07, 6.45) is 6.77. The van der Waals surface area contributed by atoms with Crippen molar-refractivity contribution in [3.63, 3.8) is 0 Å². The first-order valence-electron chi connectivity index (χ1n) is 10.8. The average molecular weight is 447 g/mol. The number of ether oxygens (including phenoxy) is 1. The third-order valence-corrected chi connectivity index (χ3v) is 5.85. The van der Waals surface area contributed by atoms with E-state index in [0.29, 0.717) is 23.7 Å². The van der Waals surface area contributed by atoms with Crippen LogP contribution in [-0.4, -0.2) is 31.4 Å². The number of hydrogen-bond acceptors (Lipinski definition) is 4. The summed E-state index contributed by atoms with van der Waals surface area (Å²) in [6, 6.07) is 11.8. The second-order valence-electron chi connectivity index (χ2n) is 8.11. The zero-order valence-corrected chi connectivity index (χ0v) is 18.4. The minimum atomic E-state index is -0.525. The molecule has 0 saturated heterocycles. The molecule has 2 aromatic heterocycles. The van der Waals surface area contributed by atoms with Crippen LogP contribution in [0.25, 0.3) is 17.6 Å². The number of hydrogen-bond donors (Lipinski definition) is 0. The van der Waals surface area contributed by atoms with E-state index in [1.165, 1.54) is 18.2 Å². The van der Waals surface area contributed by atoms with Gasteiger partial charge in [0, 0.05) is 18.7 Å². The van der Waals surface area contributed by atoms with Crippen molar-refractivity contribution in [3.05, 3.63) is 89.3 Å². The number of benzene rings is 2. The van der Waals surface area contributed by atoms with Crippen molar-refractivity contribution in [2.75, 3.05) is 7.11 Å². The van der Waals surface area contributed by atoms with E-state index in [9.17, 15) is 4.39 Å². The van der Waals surface area contributed by atoms with E-state index in [1.807, 2.05) is 29.8 Å². The molecular formula is C25H23F2N5O. The van der Waals surface area contributed by atoms with Gasteiger partial charge in [0.15, 0.2) is 5.83 Å². The van der Waals surface area contributed by atoms with Gasteiger partial charge in [-0.1, -0.05) is 18.2 Å². The summed E-state index contributed by atoms with van der Waals surface area (Å²) in [4.78, 5) is 8.75. The molecule has 168 valence electrons. The molecule has 33 heavy (non-hydrogen) atoms. The third kappa shape index (κ3) is 4.16. The number of rotatable bonds is 5. The van der Waals surface area contributed by atoms with Gasteiger partial charge in [0.25, 0.3) is 0 Å². The van der Waals surface area contributed by atoms with Gasteiger partial charge in [-0.2, -0.15) is 0 Å². The van der Waals surface area contributed by atoms with Gasteiger partial charge >= 0.3 is 0 Å². The highest BCUT2D eigenvalue weighted by Gasteiger charge is 2.26. The Hall–Kier alpha value is -3.81. The molecular weight excluding hydrogens is 424 g/mol. The molecule has 0 spiro atoms. The Balaban J connectivity index is 1.45. The van der Waals surface area contributed by atoms with Gasteiger partial charge in [-0.15, -0.1) is 5.10 Å². The first-order valence-corrected chi connectivity index (χ1v) is 10.8. The molecule has 3 heterocycles. The molecule has 6 nitrogen and oxygen atoms in total. The van der Waals surface area contributed by atoms with Crippen molar-refractivity contribution in [3.8, 4) is 11.4 Å². The molecule has 0 amide bonds. The van der Waals surface area contributed by atoms with Crippen LogP contribution < -0.4 is 4.74 Å². The maximum absolute atomic E-state index is 15.2. The molecule has 0 radical (unpaired) electrons. The summed E-state index contributed by atoms with van der Waals surface area (Å²) in [5, 5.41) is 4.40. The Bertz CT molecular complexity index is 1320.